The first kappa shape index (κ1) is 19.9. The van der Waals surface area contributed by atoms with Crippen LogP contribution in [0.1, 0.15) is 43.2 Å². The van der Waals surface area contributed by atoms with Crippen LogP contribution in [-0.2, 0) is 6.42 Å². The van der Waals surface area contributed by atoms with Crippen LogP contribution in [0.4, 0.5) is 0 Å². The van der Waals surface area contributed by atoms with Gasteiger partial charge in [0.2, 0.25) is 0 Å². The lowest BCUT2D eigenvalue weighted by Crippen LogP contribution is -2.32. The van der Waals surface area contributed by atoms with Crippen molar-refractivity contribution in [3.63, 3.8) is 0 Å². The minimum Gasteiger partial charge on any atom is -0.494 e. The van der Waals surface area contributed by atoms with Crippen molar-refractivity contribution in [1.82, 2.24) is 10.2 Å². The zero-order valence-corrected chi connectivity index (χ0v) is 16.5. The van der Waals surface area contributed by atoms with Crippen molar-refractivity contribution in [1.29, 1.82) is 0 Å². The lowest BCUT2D eigenvalue weighted by molar-refractivity contribution is 0.225. The largest absolute Gasteiger partial charge is 0.494 e. The summed E-state index contributed by atoms with van der Waals surface area (Å²) in [4.78, 5) is 2.61. The predicted octanol–water partition coefficient (Wildman–Crippen LogP) is 4.51. The molecule has 0 unspecified atom stereocenters. The van der Waals surface area contributed by atoms with Crippen molar-refractivity contribution in [2.24, 2.45) is 0 Å². The molecule has 0 spiro atoms. The summed E-state index contributed by atoms with van der Waals surface area (Å²) in [5.74, 6) is 0.969. The van der Waals surface area contributed by atoms with Gasteiger partial charge in [0, 0.05) is 0 Å². The zero-order valence-electron chi connectivity index (χ0n) is 16.5. The van der Waals surface area contributed by atoms with Crippen molar-refractivity contribution >= 4 is 0 Å². The van der Waals surface area contributed by atoms with E-state index >= 15 is 0 Å². The average Bonchev–Trinajstić information content (AvgIpc) is 2.73. The standard InChI is InChI=1S/C24H34N2O/c1-3-9-22(10-4-1)21-23-11-13-24(14-12-23)27-20-8-16-25-15-7-19-26-17-5-2-6-18-26/h1,3-4,9-14,25H,2,5-8,15-21H2. The SMILES string of the molecule is c1ccc(Cc2ccc(OCCCNCCCN3CCCCC3)cc2)cc1. The van der Waals surface area contributed by atoms with Crippen LogP contribution in [0, 0.1) is 0 Å². The van der Waals surface area contributed by atoms with Gasteiger partial charge in [0.25, 0.3) is 0 Å². The van der Waals surface area contributed by atoms with E-state index in [1.54, 1.807) is 0 Å². The third-order valence-electron chi connectivity index (χ3n) is 5.22. The first-order chi connectivity index (χ1) is 13.4. The van der Waals surface area contributed by atoms with Gasteiger partial charge >= 0.3 is 0 Å². The van der Waals surface area contributed by atoms with E-state index in [0.29, 0.717) is 0 Å². The van der Waals surface area contributed by atoms with Crippen LogP contribution in [0.3, 0.4) is 0 Å². The lowest BCUT2D eigenvalue weighted by atomic mass is 10.1. The molecular formula is C24H34N2O. The molecule has 1 aliphatic heterocycles. The number of likely N-dealkylation sites (tertiary alicyclic amines) is 1. The Balaban J connectivity index is 1.22. The summed E-state index contributed by atoms with van der Waals surface area (Å²) >= 11 is 0. The second-order valence-electron chi connectivity index (χ2n) is 7.51. The summed E-state index contributed by atoms with van der Waals surface area (Å²) < 4.78 is 5.86. The van der Waals surface area contributed by atoms with Gasteiger partial charge in [-0.15, -0.1) is 0 Å². The third-order valence-corrected chi connectivity index (χ3v) is 5.22. The molecule has 0 amide bonds. The van der Waals surface area contributed by atoms with E-state index in [4.69, 9.17) is 4.74 Å². The van der Waals surface area contributed by atoms with Crippen LogP contribution >= 0.6 is 0 Å². The Morgan fingerprint density at radius 3 is 2.26 bits per heavy atom. The Morgan fingerprint density at radius 1 is 0.778 bits per heavy atom. The topological polar surface area (TPSA) is 24.5 Å². The summed E-state index contributed by atoms with van der Waals surface area (Å²) in [6.07, 6.45) is 7.47. The van der Waals surface area contributed by atoms with Crippen LogP contribution in [0.5, 0.6) is 5.75 Å². The Labute approximate surface area is 164 Å². The minimum atomic E-state index is 0.775. The molecule has 0 bridgehead atoms. The van der Waals surface area contributed by atoms with E-state index in [1.165, 1.54) is 56.4 Å². The maximum Gasteiger partial charge on any atom is 0.119 e. The first-order valence-corrected chi connectivity index (χ1v) is 10.6. The molecule has 0 aliphatic carbocycles. The summed E-state index contributed by atoms with van der Waals surface area (Å²) in [6, 6.07) is 19.1. The molecule has 0 atom stereocenters. The van der Waals surface area contributed by atoms with Gasteiger partial charge < -0.3 is 15.0 Å². The molecule has 1 heterocycles. The number of piperidine rings is 1. The number of nitrogens with one attached hydrogen (secondary N) is 1. The second-order valence-corrected chi connectivity index (χ2v) is 7.51. The molecule has 3 rings (SSSR count). The maximum absolute atomic E-state index is 5.86. The fraction of sp³-hybridized carbons (Fsp3) is 0.500. The van der Waals surface area contributed by atoms with Crippen LogP contribution in [0.2, 0.25) is 0 Å². The maximum atomic E-state index is 5.86. The van der Waals surface area contributed by atoms with E-state index in [9.17, 15) is 0 Å². The Hall–Kier alpha value is -1.84. The van der Waals surface area contributed by atoms with Gasteiger partial charge in [-0.05, 0) is 88.1 Å². The lowest BCUT2D eigenvalue weighted by Gasteiger charge is -2.26. The van der Waals surface area contributed by atoms with Gasteiger partial charge in [-0.2, -0.15) is 0 Å². The number of hydrogen-bond acceptors (Lipinski definition) is 3. The van der Waals surface area contributed by atoms with Gasteiger partial charge in [0.1, 0.15) is 5.75 Å². The highest BCUT2D eigenvalue weighted by atomic mass is 16.5. The van der Waals surface area contributed by atoms with Crippen LogP contribution < -0.4 is 10.1 Å². The van der Waals surface area contributed by atoms with Crippen molar-refractivity contribution in [2.75, 3.05) is 39.3 Å². The Bertz CT molecular complexity index is 621. The highest BCUT2D eigenvalue weighted by Crippen LogP contribution is 2.15. The van der Waals surface area contributed by atoms with E-state index in [0.717, 1.165) is 38.3 Å². The fourth-order valence-electron chi connectivity index (χ4n) is 3.66. The molecule has 1 aliphatic rings. The zero-order chi connectivity index (χ0) is 18.6. The van der Waals surface area contributed by atoms with Crippen LogP contribution in [0.15, 0.2) is 54.6 Å². The van der Waals surface area contributed by atoms with E-state index in [-0.39, 0.29) is 0 Å². The molecule has 0 aromatic heterocycles. The molecule has 3 nitrogen and oxygen atoms in total. The highest BCUT2D eigenvalue weighted by molar-refractivity contribution is 5.31. The number of ether oxygens (including phenoxy) is 1. The third kappa shape index (κ3) is 7.74. The first-order valence-electron chi connectivity index (χ1n) is 10.6. The molecule has 1 N–H and O–H groups in total. The van der Waals surface area contributed by atoms with Crippen molar-refractivity contribution < 1.29 is 4.74 Å². The smallest absolute Gasteiger partial charge is 0.119 e. The molecule has 2 aromatic rings. The molecule has 0 saturated carbocycles. The summed E-state index contributed by atoms with van der Waals surface area (Å²) in [6.45, 7) is 6.78. The number of nitrogens with zero attached hydrogens (tertiary/aromatic N) is 1. The average molecular weight is 367 g/mol. The highest BCUT2D eigenvalue weighted by Gasteiger charge is 2.08. The van der Waals surface area contributed by atoms with Crippen molar-refractivity contribution in [3.05, 3.63) is 65.7 Å². The molecule has 146 valence electrons. The normalized spacial score (nSPS) is 15.0. The molecule has 1 saturated heterocycles. The number of benzene rings is 2. The monoisotopic (exact) mass is 366 g/mol. The van der Waals surface area contributed by atoms with Gasteiger partial charge in [-0.1, -0.05) is 48.9 Å². The Kier molecular flexibility index (Phi) is 8.69. The molecule has 27 heavy (non-hydrogen) atoms. The van der Waals surface area contributed by atoms with Crippen molar-refractivity contribution in [2.45, 2.75) is 38.5 Å². The van der Waals surface area contributed by atoms with E-state index in [1.807, 2.05) is 0 Å². The molecular weight excluding hydrogens is 332 g/mol. The van der Waals surface area contributed by atoms with Crippen LogP contribution in [-0.4, -0.2) is 44.2 Å². The van der Waals surface area contributed by atoms with E-state index < -0.39 is 0 Å². The minimum absolute atomic E-state index is 0.775. The fourth-order valence-corrected chi connectivity index (χ4v) is 3.66. The van der Waals surface area contributed by atoms with Gasteiger partial charge in [0.15, 0.2) is 0 Å². The quantitative estimate of drug-likeness (QED) is 0.592. The van der Waals surface area contributed by atoms with E-state index in [2.05, 4.69) is 64.8 Å². The second kappa shape index (κ2) is 11.8. The molecule has 0 radical (unpaired) electrons. The molecule has 2 aromatic carbocycles. The van der Waals surface area contributed by atoms with Crippen molar-refractivity contribution in [3.8, 4) is 5.75 Å². The van der Waals surface area contributed by atoms with Crippen LogP contribution in [0.25, 0.3) is 0 Å². The van der Waals surface area contributed by atoms with Gasteiger partial charge in [-0.25, -0.2) is 0 Å². The number of hydrogen-bond donors (Lipinski definition) is 1. The number of rotatable bonds is 11. The molecule has 3 heteroatoms. The predicted molar refractivity (Wildman–Crippen MR) is 114 cm³/mol. The summed E-state index contributed by atoms with van der Waals surface area (Å²) in [5, 5.41) is 3.54. The Morgan fingerprint density at radius 2 is 1.48 bits per heavy atom. The molecule has 1 fully saturated rings. The van der Waals surface area contributed by atoms with Gasteiger partial charge in [-0.3, -0.25) is 0 Å². The summed E-state index contributed by atoms with van der Waals surface area (Å²) in [7, 11) is 0. The summed E-state index contributed by atoms with van der Waals surface area (Å²) in [5.41, 5.74) is 2.67. The van der Waals surface area contributed by atoms with Gasteiger partial charge in [0.05, 0.1) is 6.61 Å².